The minimum Gasteiger partial charge on any atom is -0.328 e. The Hall–Kier alpha value is -0.340. The molecule has 0 aromatic heterocycles. The molecule has 1 aliphatic rings. The van der Waals surface area contributed by atoms with Crippen molar-refractivity contribution in [3.05, 3.63) is 12.2 Å². The van der Waals surface area contributed by atoms with E-state index in [2.05, 4.69) is 25.3 Å². The third-order valence-corrected chi connectivity index (χ3v) is 3.59. The van der Waals surface area contributed by atoms with Crippen LogP contribution in [0.1, 0.15) is 52.4 Å². The van der Waals surface area contributed by atoms with Crippen LogP contribution in [0.25, 0.3) is 0 Å². The molecule has 1 aliphatic carbocycles. The standard InChI is InChI=1S/C14H28N2/c1-4-10-16(11-9-12(2)3)14-7-5-13(15)6-8-14/h13-14H,2,4-11,15H2,1,3H3. The molecule has 2 heteroatoms. The first-order valence-corrected chi connectivity index (χ1v) is 6.77. The third-order valence-electron chi connectivity index (χ3n) is 3.59. The van der Waals surface area contributed by atoms with Crippen LogP contribution in [0.15, 0.2) is 12.2 Å². The smallest absolute Gasteiger partial charge is 0.00965 e. The van der Waals surface area contributed by atoms with E-state index in [0.29, 0.717) is 6.04 Å². The first kappa shape index (κ1) is 13.7. The van der Waals surface area contributed by atoms with Crippen LogP contribution in [0.3, 0.4) is 0 Å². The summed E-state index contributed by atoms with van der Waals surface area (Å²) in [4.78, 5) is 2.65. The van der Waals surface area contributed by atoms with Crippen LogP contribution in [0.2, 0.25) is 0 Å². The van der Waals surface area contributed by atoms with Gasteiger partial charge in [-0.2, -0.15) is 0 Å². The minimum absolute atomic E-state index is 0.459. The zero-order valence-corrected chi connectivity index (χ0v) is 11.0. The molecule has 1 fully saturated rings. The molecule has 0 aliphatic heterocycles. The van der Waals surface area contributed by atoms with Crippen LogP contribution < -0.4 is 5.73 Å². The van der Waals surface area contributed by atoms with Gasteiger partial charge in [-0.05, 0) is 52.0 Å². The molecule has 0 unspecified atom stereocenters. The molecular formula is C14H28N2. The number of rotatable bonds is 6. The maximum atomic E-state index is 5.96. The number of hydrogen-bond acceptors (Lipinski definition) is 2. The number of nitrogens with two attached hydrogens (primary N) is 1. The van der Waals surface area contributed by atoms with E-state index < -0.39 is 0 Å². The highest BCUT2D eigenvalue weighted by atomic mass is 15.1. The van der Waals surface area contributed by atoms with Crippen molar-refractivity contribution in [2.24, 2.45) is 5.73 Å². The summed E-state index contributed by atoms with van der Waals surface area (Å²) in [6.07, 6.45) is 7.38. The molecule has 1 rings (SSSR count). The highest BCUT2D eigenvalue weighted by Crippen LogP contribution is 2.22. The van der Waals surface area contributed by atoms with Crippen LogP contribution in [0.5, 0.6) is 0 Å². The van der Waals surface area contributed by atoms with Crippen LogP contribution in [-0.2, 0) is 0 Å². The molecule has 0 spiro atoms. The second kappa shape index (κ2) is 7.08. The van der Waals surface area contributed by atoms with Crippen molar-refractivity contribution in [2.45, 2.75) is 64.5 Å². The molecule has 0 amide bonds. The highest BCUT2D eigenvalue weighted by Gasteiger charge is 2.23. The molecule has 0 atom stereocenters. The van der Waals surface area contributed by atoms with E-state index >= 15 is 0 Å². The first-order chi connectivity index (χ1) is 7.63. The lowest BCUT2D eigenvalue weighted by molar-refractivity contribution is 0.151. The maximum absolute atomic E-state index is 5.96. The van der Waals surface area contributed by atoms with E-state index in [1.807, 2.05) is 0 Å². The second-order valence-electron chi connectivity index (χ2n) is 5.31. The molecule has 0 saturated heterocycles. The highest BCUT2D eigenvalue weighted by molar-refractivity contribution is 4.90. The molecule has 2 N–H and O–H groups in total. The van der Waals surface area contributed by atoms with Gasteiger partial charge < -0.3 is 10.6 Å². The van der Waals surface area contributed by atoms with Crippen LogP contribution in [-0.4, -0.2) is 30.1 Å². The fraction of sp³-hybridized carbons (Fsp3) is 0.857. The molecule has 0 aromatic rings. The average Bonchev–Trinajstić information content (AvgIpc) is 2.25. The Morgan fingerprint density at radius 2 is 1.88 bits per heavy atom. The van der Waals surface area contributed by atoms with Crippen LogP contribution in [0.4, 0.5) is 0 Å². The summed E-state index contributed by atoms with van der Waals surface area (Å²) < 4.78 is 0. The Kier molecular flexibility index (Phi) is 6.07. The first-order valence-electron chi connectivity index (χ1n) is 6.77. The molecular weight excluding hydrogens is 196 g/mol. The Balaban J connectivity index is 2.39. The monoisotopic (exact) mass is 224 g/mol. The molecule has 0 aromatic carbocycles. The molecule has 1 saturated carbocycles. The predicted molar refractivity (Wildman–Crippen MR) is 71.5 cm³/mol. The van der Waals surface area contributed by atoms with Gasteiger partial charge in [0.2, 0.25) is 0 Å². The lowest BCUT2D eigenvalue weighted by atomic mass is 9.90. The van der Waals surface area contributed by atoms with Gasteiger partial charge in [0.25, 0.3) is 0 Å². The Morgan fingerprint density at radius 3 is 2.38 bits per heavy atom. The van der Waals surface area contributed by atoms with Gasteiger partial charge in [0.1, 0.15) is 0 Å². The summed E-state index contributed by atoms with van der Waals surface area (Å²) in [6.45, 7) is 10.8. The Morgan fingerprint density at radius 1 is 1.25 bits per heavy atom. The van der Waals surface area contributed by atoms with Gasteiger partial charge in [0, 0.05) is 18.6 Å². The molecule has 16 heavy (non-hydrogen) atoms. The number of nitrogens with zero attached hydrogens (tertiary/aromatic N) is 1. The lowest BCUT2D eigenvalue weighted by Gasteiger charge is -2.36. The van der Waals surface area contributed by atoms with Crippen LogP contribution >= 0.6 is 0 Å². The molecule has 0 radical (unpaired) electrons. The van der Waals surface area contributed by atoms with Gasteiger partial charge in [-0.15, -0.1) is 6.58 Å². The average molecular weight is 224 g/mol. The van der Waals surface area contributed by atoms with Crippen molar-refractivity contribution in [1.29, 1.82) is 0 Å². The largest absolute Gasteiger partial charge is 0.328 e. The van der Waals surface area contributed by atoms with E-state index in [4.69, 9.17) is 5.73 Å². The van der Waals surface area contributed by atoms with Crippen LogP contribution in [0, 0.1) is 0 Å². The van der Waals surface area contributed by atoms with Gasteiger partial charge in [-0.1, -0.05) is 12.5 Å². The lowest BCUT2D eigenvalue weighted by Crippen LogP contribution is -2.41. The van der Waals surface area contributed by atoms with Crippen molar-refractivity contribution in [3.63, 3.8) is 0 Å². The zero-order chi connectivity index (χ0) is 12.0. The summed E-state index contributed by atoms with van der Waals surface area (Å²) in [5, 5.41) is 0. The Bertz CT molecular complexity index is 205. The van der Waals surface area contributed by atoms with Gasteiger partial charge in [-0.3, -0.25) is 0 Å². The normalized spacial score (nSPS) is 26.0. The predicted octanol–water partition coefficient (Wildman–Crippen LogP) is 2.93. The van der Waals surface area contributed by atoms with E-state index in [0.717, 1.165) is 12.5 Å². The van der Waals surface area contributed by atoms with Crippen molar-refractivity contribution in [1.82, 2.24) is 4.90 Å². The van der Waals surface area contributed by atoms with Crippen molar-refractivity contribution in [3.8, 4) is 0 Å². The van der Waals surface area contributed by atoms with Gasteiger partial charge >= 0.3 is 0 Å². The van der Waals surface area contributed by atoms with E-state index in [1.165, 1.54) is 50.8 Å². The summed E-state index contributed by atoms with van der Waals surface area (Å²) in [6, 6.07) is 1.24. The summed E-state index contributed by atoms with van der Waals surface area (Å²) in [5.74, 6) is 0. The van der Waals surface area contributed by atoms with E-state index in [9.17, 15) is 0 Å². The zero-order valence-electron chi connectivity index (χ0n) is 11.0. The van der Waals surface area contributed by atoms with Gasteiger partial charge in [-0.25, -0.2) is 0 Å². The van der Waals surface area contributed by atoms with Gasteiger partial charge in [0.05, 0.1) is 0 Å². The van der Waals surface area contributed by atoms with Gasteiger partial charge in [0.15, 0.2) is 0 Å². The molecule has 94 valence electrons. The fourth-order valence-corrected chi connectivity index (χ4v) is 2.57. The summed E-state index contributed by atoms with van der Waals surface area (Å²) in [5.41, 5.74) is 7.26. The summed E-state index contributed by atoms with van der Waals surface area (Å²) >= 11 is 0. The third kappa shape index (κ3) is 4.67. The second-order valence-corrected chi connectivity index (χ2v) is 5.31. The van der Waals surface area contributed by atoms with Crippen molar-refractivity contribution >= 4 is 0 Å². The number of hydrogen-bond donors (Lipinski definition) is 1. The molecule has 0 heterocycles. The van der Waals surface area contributed by atoms with Crippen molar-refractivity contribution < 1.29 is 0 Å². The quantitative estimate of drug-likeness (QED) is 0.703. The molecule has 0 bridgehead atoms. The Labute approximate surface area is 101 Å². The van der Waals surface area contributed by atoms with Crippen molar-refractivity contribution in [2.75, 3.05) is 13.1 Å². The fourth-order valence-electron chi connectivity index (χ4n) is 2.57. The maximum Gasteiger partial charge on any atom is 0.00965 e. The molecule has 2 nitrogen and oxygen atoms in total. The topological polar surface area (TPSA) is 29.3 Å². The summed E-state index contributed by atoms with van der Waals surface area (Å²) in [7, 11) is 0. The van der Waals surface area contributed by atoms with E-state index in [1.54, 1.807) is 0 Å². The SMILES string of the molecule is C=C(C)CCN(CCC)C1CCC(N)CC1. The minimum atomic E-state index is 0.459. The van der Waals surface area contributed by atoms with E-state index in [-0.39, 0.29) is 0 Å².